The number of hydrogen-bond acceptors (Lipinski definition) is 5. The van der Waals surface area contributed by atoms with Gasteiger partial charge in [-0.2, -0.15) is 0 Å². The molecular formula is C25H24BrClN4O3. The van der Waals surface area contributed by atoms with Gasteiger partial charge in [-0.05, 0) is 66.5 Å². The molecule has 3 aromatic heterocycles. The van der Waals surface area contributed by atoms with Gasteiger partial charge >= 0.3 is 6.09 Å². The first kappa shape index (κ1) is 24.2. The number of aromatic nitrogens is 3. The second-order valence-corrected chi connectivity index (χ2v) is 10.2. The van der Waals surface area contributed by atoms with Gasteiger partial charge in [0.25, 0.3) is 0 Å². The number of fused-ring (bicyclic) bond motifs is 1. The van der Waals surface area contributed by atoms with Gasteiger partial charge in [-0.1, -0.05) is 23.7 Å². The van der Waals surface area contributed by atoms with Crippen LogP contribution in [-0.2, 0) is 11.3 Å². The van der Waals surface area contributed by atoms with E-state index in [9.17, 15) is 9.90 Å². The molecule has 9 heteroatoms. The number of amides is 1. The molecule has 0 saturated heterocycles. The lowest BCUT2D eigenvalue weighted by Crippen LogP contribution is -2.32. The zero-order chi connectivity index (χ0) is 24.5. The molecule has 7 nitrogen and oxygen atoms in total. The highest BCUT2D eigenvalue weighted by atomic mass is 79.9. The smallest absolute Gasteiger partial charge is 0.407 e. The van der Waals surface area contributed by atoms with Gasteiger partial charge in [0.05, 0.1) is 5.69 Å². The molecular weight excluding hydrogens is 520 g/mol. The van der Waals surface area contributed by atoms with Gasteiger partial charge in [-0.15, -0.1) is 0 Å². The predicted octanol–water partition coefficient (Wildman–Crippen LogP) is 6.15. The summed E-state index contributed by atoms with van der Waals surface area (Å²) in [5.41, 5.74) is 3.75. The summed E-state index contributed by atoms with van der Waals surface area (Å²) in [6, 6.07) is 11.0. The van der Waals surface area contributed by atoms with E-state index in [1.807, 2.05) is 45.0 Å². The molecule has 176 valence electrons. The van der Waals surface area contributed by atoms with Crippen molar-refractivity contribution in [3.8, 4) is 11.3 Å². The van der Waals surface area contributed by atoms with Gasteiger partial charge in [-0.25, -0.2) is 9.78 Å². The van der Waals surface area contributed by atoms with Crippen molar-refractivity contribution in [2.75, 3.05) is 0 Å². The number of aliphatic hydroxyl groups is 1. The molecule has 4 rings (SSSR count). The third-order valence-electron chi connectivity index (χ3n) is 5.10. The van der Waals surface area contributed by atoms with Crippen molar-refractivity contribution in [3.63, 3.8) is 0 Å². The van der Waals surface area contributed by atoms with E-state index < -0.39 is 17.8 Å². The van der Waals surface area contributed by atoms with Crippen LogP contribution in [0, 0.1) is 0 Å². The molecule has 0 aliphatic heterocycles. The number of ether oxygens (including phenoxy) is 1. The summed E-state index contributed by atoms with van der Waals surface area (Å²) in [6.45, 7) is 5.69. The van der Waals surface area contributed by atoms with Gasteiger partial charge in [0.15, 0.2) is 0 Å². The Morgan fingerprint density at radius 1 is 1.21 bits per heavy atom. The van der Waals surface area contributed by atoms with E-state index in [-0.39, 0.29) is 6.54 Å². The molecule has 1 atom stereocenters. The van der Waals surface area contributed by atoms with Crippen LogP contribution in [0.4, 0.5) is 4.79 Å². The van der Waals surface area contributed by atoms with Gasteiger partial charge in [0.2, 0.25) is 0 Å². The van der Waals surface area contributed by atoms with Crippen molar-refractivity contribution in [1.82, 2.24) is 20.3 Å². The van der Waals surface area contributed by atoms with Crippen LogP contribution in [0.3, 0.4) is 0 Å². The Morgan fingerprint density at radius 3 is 2.71 bits per heavy atom. The van der Waals surface area contributed by atoms with E-state index in [1.54, 1.807) is 30.7 Å². The number of carbonyl (C=O) groups is 1. The summed E-state index contributed by atoms with van der Waals surface area (Å²) < 4.78 is 6.14. The number of H-pyrrole nitrogens is 1. The highest BCUT2D eigenvalue weighted by Gasteiger charge is 2.19. The Morgan fingerprint density at radius 2 is 2.00 bits per heavy atom. The van der Waals surface area contributed by atoms with E-state index in [1.165, 1.54) is 0 Å². The summed E-state index contributed by atoms with van der Waals surface area (Å²) in [5.74, 6) is 0. The minimum absolute atomic E-state index is 0.255. The SMILES string of the molecule is CC(C)(C)OC(=O)NCc1ccc(Cl)cc1-c1ccc(C(O)c2c[nH]c3ncc(Br)cc23)cn1. The van der Waals surface area contributed by atoms with E-state index in [0.29, 0.717) is 27.5 Å². The number of aromatic amines is 1. The molecule has 0 fully saturated rings. The minimum atomic E-state index is -0.876. The molecule has 1 aromatic carbocycles. The fraction of sp³-hybridized carbons (Fsp3) is 0.240. The standard InChI is InChI=1S/C25H24BrClN4O3/c1-25(2,3)34-24(33)31-10-14-4-6-17(27)9-18(14)21-7-5-15(11-28-21)22(32)20-13-30-23-19(20)8-16(26)12-29-23/h4-9,11-13,22,32H,10H2,1-3H3,(H,29,30)(H,31,33). The van der Waals surface area contributed by atoms with Crippen molar-refractivity contribution in [3.05, 3.63) is 81.2 Å². The van der Waals surface area contributed by atoms with E-state index in [0.717, 1.165) is 21.0 Å². The molecule has 1 amide bonds. The first-order chi connectivity index (χ1) is 16.1. The number of benzene rings is 1. The van der Waals surface area contributed by atoms with Crippen LogP contribution in [0.1, 0.15) is 43.6 Å². The molecule has 0 radical (unpaired) electrons. The minimum Gasteiger partial charge on any atom is -0.444 e. The fourth-order valence-electron chi connectivity index (χ4n) is 3.55. The van der Waals surface area contributed by atoms with Crippen LogP contribution < -0.4 is 5.32 Å². The molecule has 34 heavy (non-hydrogen) atoms. The number of alkyl carbamates (subject to hydrolysis) is 1. The summed E-state index contributed by atoms with van der Waals surface area (Å²) in [7, 11) is 0. The Balaban J connectivity index is 1.57. The van der Waals surface area contributed by atoms with Crippen molar-refractivity contribution in [2.45, 2.75) is 39.0 Å². The number of carbonyl (C=O) groups excluding carboxylic acids is 1. The normalized spacial score (nSPS) is 12.5. The summed E-state index contributed by atoms with van der Waals surface area (Å²) >= 11 is 9.67. The van der Waals surface area contributed by atoms with Gasteiger partial charge in [0.1, 0.15) is 17.4 Å². The number of hydrogen-bond donors (Lipinski definition) is 3. The van der Waals surface area contributed by atoms with E-state index in [4.69, 9.17) is 16.3 Å². The largest absolute Gasteiger partial charge is 0.444 e. The van der Waals surface area contributed by atoms with Crippen molar-refractivity contribution in [2.24, 2.45) is 0 Å². The van der Waals surface area contributed by atoms with Gasteiger partial charge < -0.3 is 20.1 Å². The van der Waals surface area contributed by atoms with Gasteiger partial charge in [0, 0.05) is 56.7 Å². The topological polar surface area (TPSA) is 100 Å². The second kappa shape index (κ2) is 9.74. The molecule has 0 saturated carbocycles. The number of nitrogens with one attached hydrogen (secondary N) is 2. The highest BCUT2D eigenvalue weighted by Crippen LogP contribution is 2.31. The molecule has 0 bridgehead atoms. The van der Waals surface area contributed by atoms with Crippen molar-refractivity contribution in [1.29, 1.82) is 0 Å². The first-order valence-corrected chi connectivity index (χ1v) is 11.8. The average Bonchev–Trinajstić information content (AvgIpc) is 3.19. The Labute approximate surface area is 210 Å². The summed E-state index contributed by atoms with van der Waals surface area (Å²) in [5, 5.41) is 15.1. The lowest BCUT2D eigenvalue weighted by molar-refractivity contribution is 0.0523. The molecule has 1 unspecified atom stereocenters. The number of aliphatic hydroxyl groups excluding tert-OH is 1. The summed E-state index contributed by atoms with van der Waals surface area (Å²) in [4.78, 5) is 24.0. The molecule has 3 N–H and O–H groups in total. The third kappa shape index (κ3) is 5.58. The van der Waals surface area contributed by atoms with E-state index >= 15 is 0 Å². The second-order valence-electron chi connectivity index (χ2n) is 8.83. The fourth-order valence-corrected chi connectivity index (χ4v) is 4.06. The molecule has 4 aromatic rings. The monoisotopic (exact) mass is 542 g/mol. The molecule has 3 heterocycles. The Kier molecular flexibility index (Phi) is 6.93. The zero-order valence-corrected chi connectivity index (χ0v) is 21.2. The highest BCUT2D eigenvalue weighted by molar-refractivity contribution is 9.10. The zero-order valence-electron chi connectivity index (χ0n) is 18.9. The number of pyridine rings is 2. The number of rotatable bonds is 5. The van der Waals surface area contributed by atoms with Crippen LogP contribution in [0.2, 0.25) is 5.02 Å². The average molecular weight is 544 g/mol. The Bertz CT molecular complexity index is 1330. The van der Waals surface area contributed by atoms with Crippen LogP contribution in [0.25, 0.3) is 22.3 Å². The predicted molar refractivity (Wildman–Crippen MR) is 136 cm³/mol. The maximum absolute atomic E-state index is 12.1. The van der Waals surface area contributed by atoms with Gasteiger partial charge in [-0.3, -0.25) is 4.98 Å². The number of nitrogens with zero attached hydrogens (tertiary/aromatic N) is 2. The van der Waals surface area contributed by atoms with Crippen LogP contribution in [0.15, 0.2) is 59.5 Å². The quantitative estimate of drug-likeness (QED) is 0.280. The van der Waals surface area contributed by atoms with Crippen LogP contribution >= 0.6 is 27.5 Å². The Hall–Kier alpha value is -2.94. The summed E-state index contributed by atoms with van der Waals surface area (Å²) in [6.07, 6.45) is 3.71. The molecule has 0 aliphatic rings. The van der Waals surface area contributed by atoms with E-state index in [2.05, 4.69) is 36.2 Å². The molecule has 0 aliphatic carbocycles. The van der Waals surface area contributed by atoms with Crippen LogP contribution in [0.5, 0.6) is 0 Å². The third-order valence-corrected chi connectivity index (χ3v) is 5.77. The van der Waals surface area contributed by atoms with Crippen LogP contribution in [-0.4, -0.2) is 31.8 Å². The maximum atomic E-state index is 12.1. The lowest BCUT2D eigenvalue weighted by Gasteiger charge is -2.20. The maximum Gasteiger partial charge on any atom is 0.407 e. The lowest BCUT2D eigenvalue weighted by atomic mass is 10.0. The first-order valence-electron chi connectivity index (χ1n) is 10.6. The number of halogens is 2. The van der Waals surface area contributed by atoms with Crippen molar-refractivity contribution < 1.29 is 14.6 Å². The molecule has 0 spiro atoms. The van der Waals surface area contributed by atoms with Crippen molar-refractivity contribution >= 4 is 44.7 Å².